The number of hydrogen-bond acceptors (Lipinski definition) is 4. The molecule has 1 aromatic rings. The molecule has 7 heteroatoms. The van der Waals surface area contributed by atoms with Gasteiger partial charge in [-0.3, -0.25) is 0 Å². The third-order valence-corrected chi connectivity index (χ3v) is 5.38. The second-order valence-electron chi connectivity index (χ2n) is 9.61. The summed E-state index contributed by atoms with van der Waals surface area (Å²) in [7, 11) is 1.76. The summed E-state index contributed by atoms with van der Waals surface area (Å²) in [6, 6.07) is 8.74. The third-order valence-electron chi connectivity index (χ3n) is 5.38. The summed E-state index contributed by atoms with van der Waals surface area (Å²) in [6.07, 6.45) is 3.22. The lowest BCUT2D eigenvalue weighted by Gasteiger charge is -2.32. The van der Waals surface area contributed by atoms with E-state index in [0.29, 0.717) is 19.1 Å². The van der Waals surface area contributed by atoms with Crippen molar-refractivity contribution in [1.29, 1.82) is 0 Å². The van der Waals surface area contributed by atoms with Crippen molar-refractivity contribution in [3.05, 3.63) is 35.4 Å². The van der Waals surface area contributed by atoms with E-state index in [9.17, 15) is 4.79 Å². The summed E-state index contributed by atoms with van der Waals surface area (Å²) in [6.45, 7) is 15.4. The molecule has 1 amide bonds. The molecule has 1 saturated heterocycles. The Morgan fingerprint density at radius 1 is 1.16 bits per heavy atom. The van der Waals surface area contributed by atoms with Gasteiger partial charge in [0.15, 0.2) is 5.96 Å². The zero-order valence-electron chi connectivity index (χ0n) is 20.9. The molecule has 0 atom stereocenters. The quantitative estimate of drug-likeness (QED) is 0.468. The Hall–Kier alpha value is -2.28. The molecule has 0 aromatic heterocycles. The summed E-state index contributed by atoms with van der Waals surface area (Å²) in [5.74, 6) is 0.884. The Labute approximate surface area is 194 Å². The van der Waals surface area contributed by atoms with E-state index in [4.69, 9.17) is 9.73 Å². The summed E-state index contributed by atoms with van der Waals surface area (Å²) in [4.78, 5) is 21.1. The monoisotopic (exact) mass is 445 g/mol. The van der Waals surface area contributed by atoms with Crippen LogP contribution in [0.15, 0.2) is 29.3 Å². The topological polar surface area (TPSA) is 69.2 Å². The molecule has 7 nitrogen and oxygen atoms in total. The lowest BCUT2D eigenvalue weighted by molar-refractivity contribution is 0.0285. The average molecular weight is 446 g/mol. The van der Waals surface area contributed by atoms with Crippen LogP contribution >= 0.6 is 0 Å². The van der Waals surface area contributed by atoms with Crippen molar-refractivity contribution in [3.63, 3.8) is 0 Å². The fraction of sp³-hybridized carbons (Fsp3) is 0.680. The number of aliphatic imine (C=N–C) groups is 1. The number of ether oxygens (including phenoxy) is 1. The van der Waals surface area contributed by atoms with Crippen LogP contribution in [0.4, 0.5) is 4.79 Å². The Morgan fingerprint density at radius 3 is 2.34 bits per heavy atom. The zero-order valence-corrected chi connectivity index (χ0v) is 20.9. The number of benzene rings is 1. The lowest BCUT2D eigenvalue weighted by atomic mass is 10.1. The summed E-state index contributed by atoms with van der Waals surface area (Å²) in [5, 5.41) is 6.98. The van der Waals surface area contributed by atoms with Crippen LogP contribution in [0.1, 0.15) is 65.0 Å². The number of hydrogen-bond donors (Lipinski definition) is 2. The number of piperidine rings is 1. The van der Waals surface area contributed by atoms with E-state index >= 15 is 0 Å². The Bertz CT molecular complexity index is 719. The molecule has 32 heavy (non-hydrogen) atoms. The molecule has 0 spiro atoms. The minimum atomic E-state index is -0.488. The highest BCUT2D eigenvalue weighted by Gasteiger charge is 2.20. The average Bonchev–Trinajstić information content (AvgIpc) is 2.73. The first kappa shape index (κ1) is 26.0. The first-order valence-corrected chi connectivity index (χ1v) is 12.0. The zero-order chi connectivity index (χ0) is 23.6. The van der Waals surface area contributed by atoms with Crippen LogP contribution in [0.25, 0.3) is 0 Å². The summed E-state index contributed by atoms with van der Waals surface area (Å²) < 4.78 is 5.42. The summed E-state index contributed by atoms with van der Waals surface area (Å²) >= 11 is 0. The van der Waals surface area contributed by atoms with Gasteiger partial charge in [-0.2, -0.15) is 0 Å². The fourth-order valence-electron chi connectivity index (χ4n) is 3.73. The highest BCUT2D eigenvalue weighted by atomic mass is 16.6. The van der Waals surface area contributed by atoms with Gasteiger partial charge in [0.2, 0.25) is 0 Å². The first-order chi connectivity index (χ1) is 15.2. The van der Waals surface area contributed by atoms with Gasteiger partial charge in [-0.15, -0.1) is 0 Å². The van der Waals surface area contributed by atoms with E-state index in [1.54, 1.807) is 11.9 Å². The smallest absolute Gasteiger partial charge is 0.410 e. The van der Waals surface area contributed by atoms with Crippen molar-refractivity contribution in [1.82, 2.24) is 20.4 Å². The number of carbonyl (C=O) groups is 1. The van der Waals surface area contributed by atoms with Crippen LogP contribution in [0, 0.1) is 0 Å². The maximum Gasteiger partial charge on any atom is 0.410 e. The van der Waals surface area contributed by atoms with E-state index in [2.05, 4.69) is 53.6 Å². The summed E-state index contributed by atoms with van der Waals surface area (Å²) in [5.41, 5.74) is 1.72. The molecule has 0 aliphatic carbocycles. The molecule has 0 bridgehead atoms. The fourth-order valence-corrected chi connectivity index (χ4v) is 3.73. The van der Waals surface area contributed by atoms with Gasteiger partial charge in [-0.05, 0) is 64.6 Å². The first-order valence-electron chi connectivity index (χ1n) is 12.0. The Kier molecular flexibility index (Phi) is 10.3. The second-order valence-corrected chi connectivity index (χ2v) is 9.61. The molecule has 2 N–H and O–H groups in total. The van der Waals surface area contributed by atoms with Crippen LogP contribution in [0.3, 0.4) is 0 Å². The van der Waals surface area contributed by atoms with Gasteiger partial charge in [0.05, 0.1) is 6.54 Å². The van der Waals surface area contributed by atoms with Crippen LogP contribution in [-0.2, 0) is 17.8 Å². The largest absolute Gasteiger partial charge is 0.444 e. The van der Waals surface area contributed by atoms with Crippen LogP contribution < -0.4 is 10.6 Å². The molecule has 1 aliphatic heterocycles. The van der Waals surface area contributed by atoms with Crippen LogP contribution in [-0.4, -0.2) is 66.7 Å². The van der Waals surface area contributed by atoms with Crippen LogP contribution in [0.2, 0.25) is 0 Å². The van der Waals surface area contributed by atoms with Crippen molar-refractivity contribution < 1.29 is 9.53 Å². The van der Waals surface area contributed by atoms with E-state index < -0.39 is 5.60 Å². The molecule has 180 valence electrons. The minimum Gasteiger partial charge on any atom is -0.444 e. The molecule has 1 aromatic carbocycles. The number of nitrogens with zero attached hydrogens (tertiary/aromatic N) is 3. The van der Waals surface area contributed by atoms with Crippen molar-refractivity contribution >= 4 is 12.1 Å². The Morgan fingerprint density at radius 2 is 1.78 bits per heavy atom. The highest BCUT2D eigenvalue weighted by molar-refractivity contribution is 5.80. The number of carbonyl (C=O) groups excluding carboxylic acids is 1. The molecule has 1 fully saturated rings. The lowest BCUT2D eigenvalue weighted by Crippen LogP contribution is -2.48. The van der Waals surface area contributed by atoms with Crippen molar-refractivity contribution in [3.8, 4) is 0 Å². The van der Waals surface area contributed by atoms with E-state index in [0.717, 1.165) is 49.6 Å². The Balaban J connectivity index is 1.86. The molecule has 0 saturated carbocycles. The van der Waals surface area contributed by atoms with Gasteiger partial charge in [-0.25, -0.2) is 9.79 Å². The number of nitrogens with one attached hydrogen (secondary N) is 2. The second kappa shape index (κ2) is 12.7. The third kappa shape index (κ3) is 9.47. The standard InChI is InChI=1S/C25H43N5O2/c1-7-15-30-16-13-22(14-17-30)28-23(26-8-2)27-18-20-9-11-21(12-10-20)19-29(6)24(31)32-25(3,4)5/h9-12,22H,7-8,13-19H2,1-6H3,(H2,26,27,28). The van der Waals surface area contributed by atoms with Gasteiger partial charge < -0.3 is 25.2 Å². The van der Waals surface area contributed by atoms with Gasteiger partial charge >= 0.3 is 6.09 Å². The predicted molar refractivity (Wildman–Crippen MR) is 132 cm³/mol. The van der Waals surface area contributed by atoms with Crippen LogP contribution in [0.5, 0.6) is 0 Å². The molecule has 0 unspecified atom stereocenters. The van der Waals surface area contributed by atoms with Crippen molar-refractivity contribution in [2.75, 3.05) is 33.2 Å². The van der Waals surface area contributed by atoms with Gasteiger partial charge in [-0.1, -0.05) is 31.2 Å². The highest BCUT2D eigenvalue weighted by Crippen LogP contribution is 2.13. The van der Waals surface area contributed by atoms with Gasteiger partial charge in [0, 0.05) is 39.3 Å². The normalized spacial score (nSPS) is 16.0. The number of guanidine groups is 1. The maximum atomic E-state index is 12.2. The maximum absolute atomic E-state index is 12.2. The molecular weight excluding hydrogens is 402 g/mol. The minimum absolute atomic E-state index is 0.312. The number of amides is 1. The molecule has 2 rings (SSSR count). The molecule has 1 aliphatic rings. The van der Waals surface area contributed by atoms with Gasteiger partial charge in [0.1, 0.15) is 5.60 Å². The number of rotatable bonds is 8. The SMILES string of the molecule is CCCN1CCC(NC(=NCc2ccc(CN(C)C(=O)OC(C)(C)C)cc2)NCC)CC1. The van der Waals surface area contributed by atoms with Gasteiger partial charge in [0.25, 0.3) is 0 Å². The molecule has 0 radical (unpaired) electrons. The predicted octanol–water partition coefficient (Wildman–Crippen LogP) is 3.98. The molecular formula is C25H43N5O2. The van der Waals surface area contributed by atoms with E-state index in [1.807, 2.05) is 20.8 Å². The van der Waals surface area contributed by atoms with Crippen molar-refractivity contribution in [2.45, 2.75) is 78.6 Å². The van der Waals surface area contributed by atoms with Crippen molar-refractivity contribution in [2.24, 2.45) is 4.99 Å². The van der Waals surface area contributed by atoms with E-state index in [-0.39, 0.29) is 6.09 Å². The van der Waals surface area contributed by atoms with E-state index in [1.165, 1.54) is 13.0 Å². The number of likely N-dealkylation sites (tertiary alicyclic amines) is 1. The molecule has 1 heterocycles.